The molecule has 0 bridgehead atoms. The van der Waals surface area contributed by atoms with Gasteiger partial charge in [0.15, 0.2) is 0 Å². The summed E-state index contributed by atoms with van der Waals surface area (Å²) in [5.41, 5.74) is 5.95. The Morgan fingerprint density at radius 3 is 2.57 bits per heavy atom. The zero-order valence-corrected chi connectivity index (χ0v) is 15.2. The Morgan fingerprint density at radius 1 is 1.13 bits per heavy atom. The Labute approximate surface area is 144 Å². The van der Waals surface area contributed by atoms with Crippen molar-refractivity contribution in [2.45, 2.75) is 47.1 Å². The minimum atomic E-state index is 0.544. The lowest BCUT2D eigenvalue weighted by Gasteiger charge is -2.17. The van der Waals surface area contributed by atoms with Crippen LogP contribution in [0.5, 0.6) is 5.75 Å². The lowest BCUT2D eigenvalue weighted by Crippen LogP contribution is -2.12. The molecule has 0 aliphatic heterocycles. The van der Waals surface area contributed by atoms with Crippen molar-refractivity contribution < 1.29 is 4.74 Å². The first-order valence-electron chi connectivity index (χ1n) is 8.15. The Morgan fingerprint density at radius 2 is 1.91 bits per heavy atom. The molecule has 0 fully saturated rings. The van der Waals surface area contributed by atoms with E-state index in [4.69, 9.17) is 17.0 Å². The molecule has 0 amide bonds. The summed E-state index contributed by atoms with van der Waals surface area (Å²) in [5, 5.41) is 3.35. The first-order valence-corrected chi connectivity index (χ1v) is 8.56. The normalized spacial score (nSPS) is 10.4. The van der Waals surface area contributed by atoms with Crippen molar-refractivity contribution in [3.05, 3.63) is 58.7 Å². The first-order chi connectivity index (χ1) is 11.0. The molecule has 1 N–H and O–H groups in total. The summed E-state index contributed by atoms with van der Waals surface area (Å²) >= 11 is 5.34. The molecule has 0 spiro atoms. The molecule has 0 saturated heterocycles. The van der Waals surface area contributed by atoms with E-state index in [0.717, 1.165) is 34.8 Å². The van der Waals surface area contributed by atoms with E-state index in [0.29, 0.717) is 6.61 Å². The summed E-state index contributed by atoms with van der Waals surface area (Å²) in [7, 11) is 0. The zero-order valence-electron chi connectivity index (χ0n) is 14.4. The topological polar surface area (TPSA) is 21.3 Å². The highest BCUT2D eigenvalue weighted by Crippen LogP contribution is 2.25. The lowest BCUT2D eigenvalue weighted by atomic mass is 10.0. The number of benzene rings is 2. The fraction of sp³-hybridized carbons (Fsp3) is 0.350. The van der Waals surface area contributed by atoms with E-state index in [9.17, 15) is 0 Å². The largest absolute Gasteiger partial charge is 0.489 e. The minimum Gasteiger partial charge on any atom is -0.489 e. The Kier molecular flexibility index (Phi) is 6.17. The quantitative estimate of drug-likeness (QED) is 0.698. The number of ether oxygens (including phenoxy) is 1. The van der Waals surface area contributed by atoms with Crippen LogP contribution in [0.2, 0.25) is 0 Å². The Balaban J connectivity index is 2.24. The van der Waals surface area contributed by atoms with Gasteiger partial charge in [0.05, 0.1) is 4.99 Å². The summed E-state index contributed by atoms with van der Waals surface area (Å²) in [6.07, 6.45) is 1.81. The van der Waals surface area contributed by atoms with Crippen LogP contribution in [0, 0.1) is 13.8 Å². The van der Waals surface area contributed by atoms with Crippen LogP contribution in [0.1, 0.15) is 42.5 Å². The Bertz CT molecular complexity index is 694. The number of hydrogen-bond donors (Lipinski definition) is 1. The van der Waals surface area contributed by atoms with E-state index in [1.807, 2.05) is 6.07 Å². The maximum atomic E-state index is 6.09. The molecule has 0 heterocycles. The monoisotopic (exact) mass is 327 g/mol. The van der Waals surface area contributed by atoms with Crippen LogP contribution in [0.15, 0.2) is 36.4 Å². The summed E-state index contributed by atoms with van der Waals surface area (Å²) in [6.45, 7) is 8.95. The van der Waals surface area contributed by atoms with Crippen molar-refractivity contribution >= 4 is 22.9 Å². The van der Waals surface area contributed by atoms with E-state index in [-0.39, 0.29) is 0 Å². The maximum Gasteiger partial charge on any atom is 0.122 e. The van der Waals surface area contributed by atoms with Gasteiger partial charge in [-0.25, -0.2) is 0 Å². The van der Waals surface area contributed by atoms with Gasteiger partial charge in [0, 0.05) is 11.3 Å². The molecule has 23 heavy (non-hydrogen) atoms. The summed E-state index contributed by atoms with van der Waals surface area (Å²) < 4.78 is 6.09. The van der Waals surface area contributed by atoms with E-state index < -0.39 is 0 Å². The molecule has 2 rings (SSSR count). The van der Waals surface area contributed by atoms with Gasteiger partial charge in [0.2, 0.25) is 0 Å². The third-order valence-corrected chi connectivity index (χ3v) is 4.34. The molecule has 2 nitrogen and oxygen atoms in total. The van der Waals surface area contributed by atoms with Crippen LogP contribution in [0.3, 0.4) is 0 Å². The number of nitrogens with one attached hydrogen (secondary N) is 1. The number of hydrogen-bond acceptors (Lipinski definition) is 2. The number of anilines is 1. The highest BCUT2D eigenvalue weighted by atomic mass is 32.1. The minimum absolute atomic E-state index is 0.544. The van der Waals surface area contributed by atoms with Gasteiger partial charge >= 0.3 is 0 Å². The Hall–Kier alpha value is -1.87. The summed E-state index contributed by atoms with van der Waals surface area (Å²) in [6, 6.07) is 12.6. The van der Waals surface area contributed by atoms with Gasteiger partial charge < -0.3 is 10.1 Å². The summed E-state index contributed by atoms with van der Waals surface area (Å²) in [4.78, 5) is 0.853. The third kappa shape index (κ3) is 4.55. The van der Waals surface area contributed by atoms with E-state index in [2.05, 4.69) is 63.3 Å². The average Bonchev–Trinajstić information content (AvgIpc) is 2.54. The standard InChI is InChI=1S/C20H25NOS/c1-5-16-8-7-9-18(21-20(23)6-2)17(16)13-22-19-11-10-14(3)12-15(19)4/h7-12H,5-6,13H2,1-4H3,(H,21,23). The molecule has 0 aliphatic rings. The van der Waals surface area contributed by atoms with E-state index in [1.54, 1.807) is 0 Å². The van der Waals surface area contributed by atoms with Crippen LogP contribution in [0.25, 0.3) is 0 Å². The smallest absolute Gasteiger partial charge is 0.122 e. The molecule has 0 aromatic heterocycles. The van der Waals surface area contributed by atoms with Crippen molar-refractivity contribution in [3.8, 4) is 5.75 Å². The highest BCUT2D eigenvalue weighted by molar-refractivity contribution is 7.80. The molecule has 2 aromatic carbocycles. The fourth-order valence-corrected chi connectivity index (χ4v) is 2.71. The molecule has 0 aliphatic carbocycles. The van der Waals surface area contributed by atoms with Crippen LogP contribution < -0.4 is 10.1 Å². The number of aryl methyl sites for hydroxylation is 3. The predicted molar refractivity (Wildman–Crippen MR) is 103 cm³/mol. The van der Waals surface area contributed by atoms with E-state index >= 15 is 0 Å². The molecule has 0 radical (unpaired) electrons. The van der Waals surface area contributed by atoms with Gasteiger partial charge in [-0.2, -0.15) is 0 Å². The molecule has 122 valence electrons. The van der Waals surface area contributed by atoms with Crippen molar-refractivity contribution in [1.29, 1.82) is 0 Å². The van der Waals surface area contributed by atoms with Gasteiger partial charge in [0.25, 0.3) is 0 Å². The molecular formula is C20H25NOS. The van der Waals surface area contributed by atoms with Crippen LogP contribution in [-0.2, 0) is 13.0 Å². The van der Waals surface area contributed by atoms with Crippen LogP contribution in [0.4, 0.5) is 5.69 Å². The maximum absolute atomic E-state index is 6.09. The van der Waals surface area contributed by atoms with Crippen molar-refractivity contribution in [3.63, 3.8) is 0 Å². The second-order valence-corrected chi connectivity index (χ2v) is 6.25. The van der Waals surface area contributed by atoms with Crippen molar-refractivity contribution in [1.82, 2.24) is 0 Å². The van der Waals surface area contributed by atoms with Gasteiger partial charge in [-0.1, -0.05) is 55.9 Å². The third-order valence-electron chi connectivity index (χ3n) is 3.95. The molecule has 3 heteroatoms. The zero-order chi connectivity index (χ0) is 16.8. The van der Waals surface area contributed by atoms with Crippen LogP contribution >= 0.6 is 12.2 Å². The van der Waals surface area contributed by atoms with Gasteiger partial charge in [-0.15, -0.1) is 0 Å². The number of thiocarbonyl (C=S) groups is 1. The van der Waals surface area contributed by atoms with Gasteiger partial charge in [-0.05, 0) is 49.9 Å². The predicted octanol–water partition coefficient (Wildman–Crippen LogP) is 5.59. The molecular weight excluding hydrogens is 302 g/mol. The highest BCUT2D eigenvalue weighted by Gasteiger charge is 2.10. The van der Waals surface area contributed by atoms with Crippen molar-refractivity contribution in [2.24, 2.45) is 0 Å². The molecule has 0 atom stereocenters. The van der Waals surface area contributed by atoms with Gasteiger partial charge in [-0.3, -0.25) is 0 Å². The molecule has 0 unspecified atom stereocenters. The van der Waals surface area contributed by atoms with E-state index in [1.165, 1.54) is 16.7 Å². The van der Waals surface area contributed by atoms with Crippen molar-refractivity contribution in [2.75, 3.05) is 5.32 Å². The lowest BCUT2D eigenvalue weighted by molar-refractivity contribution is 0.303. The SMILES string of the molecule is CCC(=S)Nc1cccc(CC)c1COc1ccc(C)cc1C. The number of rotatable bonds is 6. The van der Waals surface area contributed by atoms with Gasteiger partial charge in [0.1, 0.15) is 12.4 Å². The fourth-order valence-electron chi connectivity index (χ4n) is 2.60. The average molecular weight is 327 g/mol. The second-order valence-electron chi connectivity index (χ2n) is 5.76. The second kappa shape index (κ2) is 8.11. The molecule has 0 saturated carbocycles. The molecule has 2 aromatic rings. The van der Waals surface area contributed by atoms with Crippen LogP contribution in [-0.4, -0.2) is 4.99 Å². The summed E-state index contributed by atoms with van der Waals surface area (Å²) in [5.74, 6) is 0.936. The first kappa shape index (κ1) is 17.5.